The molecule has 5 rings (SSSR count). The smallest absolute Gasteiger partial charge is 0.255 e. The molecule has 3 aromatic heterocycles. The van der Waals surface area contributed by atoms with E-state index in [0.29, 0.717) is 28.1 Å². The summed E-state index contributed by atoms with van der Waals surface area (Å²) in [7, 11) is 0. The molecule has 1 aliphatic rings. The van der Waals surface area contributed by atoms with Crippen LogP contribution in [0, 0.1) is 5.82 Å². The van der Waals surface area contributed by atoms with Crippen LogP contribution in [-0.4, -0.2) is 49.8 Å². The van der Waals surface area contributed by atoms with Gasteiger partial charge < -0.3 is 15.6 Å². The second kappa shape index (κ2) is 6.63. The van der Waals surface area contributed by atoms with E-state index in [0.717, 1.165) is 24.0 Å². The number of fused-ring (bicyclic) bond motifs is 2. The monoisotopic (exact) mass is 393 g/mol. The van der Waals surface area contributed by atoms with Gasteiger partial charge in [0, 0.05) is 30.7 Å². The van der Waals surface area contributed by atoms with E-state index in [1.165, 1.54) is 12.1 Å². The molecule has 1 fully saturated rings. The van der Waals surface area contributed by atoms with Crippen molar-refractivity contribution in [3.8, 4) is 11.4 Å². The van der Waals surface area contributed by atoms with Crippen molar-refractivity contribution in [1.29, 1.82) is 0 Å². The molecule has 8 nitrogen and oxygen atoms in total. The van der Waals surface area contributed by atoms with Gasteiger partial charge in [-0.15, -0.1) is 0 Å². The molecular formula is C20H20FN7O. The van der Waals surface area contributed by atoms with Gasteiger partial charge >= 0.3 is 0 Å². The third kappa shape index (κ3) is 2.94. The summed E-state index contributed by atoms with van der Waals surface area (Å²) in [6, 6.07) is 4.80. The molecule has 1 saturated heterocycles. The molecule has 4 heterocycles. The number of aromatic nitrogens is 5. The Morgan fingerprint density at radius 1 is 1.34 bits per heavy atom. The molecule has 4 aromatic rings. The van der Waals surface area contributed by atoms with E-state index in [-0.39, 0.29) is 23.8 Å². The van der Waals surface area contributed by atoms with E-state index < -0.39 is 0 Å². The third-order valence-electron chi connectivity index (χ3n) is 5.06. The summed E-state index contributed by atoms with van der Waals surface area (Å²) in [5, 5.41) is 11.6. The number of nitrogens with zero attached hydrogens (tertiary/aromatic N) is 4. The topological polar surface area (TPSA) is 101 Å². The highest BCUT2D eigenvalue weighted by Crippen LogP contribution is 2.31. The minimum absolute atomic E-state index is 0.00853. The quantitative estimate of drug-likeness (QED) is 0.494. The maximum atomic E-state index is 13.9. The van der Waals surface area contributed by atoms with Crippen molar-refractivity contribution < 1.29 is 9.18 Å². The highest BCUT2D eigenvalue weighted by Gasteiger charge is 2.25. The Morgan fingerprint density at radius 2 is 2.17 bits per heavy atom. The zero-order valence-electron chi connectivity index (χ0n) is 16.0. The molecule has 3 N–H and O–H groups in total. The first-order valence-electron chi connectivity index (χ1n) is 9.55. The summed E-state index contributed by atoms with van der Waals surface area (Å²) in [6.45, 7) is 5.37. The van der Waals surface area contributed by atoms with Crippen LogP contribution in [0.2, 0.25) is 0 Å². The van der Waals surface area contributed by atoms with Gasteiger partial charge in [0.1, 0.15) is 22.7 Å². The van der Waals surface area contributed by atoms with Crippen LogP contribution in [-0.2, 0) is 0 Å². The Morgan fingerprint density at radius 3 is 2.90 bits per heavy atom. The highest BCUT2D eigenvalue weighted by atomic mass is 19.1. The number of hydrogen-bond acceptors (Lipinski definition) is 5. The molecule has 9 heteroatoms. The predicted molar refractivity (Wildman–Crippen MR) is 107 cm³/mol. The number of hydrogen-bond donors (Lipinski definition) is 3. The Kier molecular flexibility index (Phi) is 4.06. The lowest BCUT2D eigenvalue weighted by atomic mass is 10.1. The molecule has 0 bridgehead atoms. The van der Waals surface area contributed by atoms with Crippen molar-refractivity contribution in [2.45, 2.75) is 25.9 Å². The lowest BCUT2D eigenvalue weighted by Gasteiger charge is -2.27. The van der Waals surface area contributed by atoms with E-state index in [1.807, 2.05) is 18.5 Å². The summed E-state index contributed by atoms with van der Waals surface area (Å²) in [6.07, 6.45) is 3.23. The highest BCUT2D eigenvalue weighted by molar-refractivity contribution is 6.05. The largest absolute Gasteiger partial charge is 0.350 e. The summed E-state index contributed by atoms with van der Waals surface area (Å²) in [5.74, 6) is -0.520. The molecule has 0 atom stereocenters. The third-order valence-corrected chi connectivity index (χ3v) is 5.06. The van der Waals surface area contributed by atoms with Crippen molar-refractivity contribution in [3.05, 3.63) is 42.0 Å². The molecule has 148 valence electrons. The molecule has 1 amide bonds. The number of carbonyl (C=O) groups excluding carboxylic acids is 1. The lowest BCUT2D eigenvalue weighted by Crippen LogP contribution is -2.43. The van der Waals surface area contributed by atoms with Crippen LogP contribution >= 0.6 is 0 Å². The zero-order chi connectivity index (χ0) is 20.1. The van der Waals surface area contributed by atoms with Crippen molar-refractivity contribution >= 4 is 28.0 Å². The standard InChI is InChI=1S/C20H20FN7O/c1-10(2)25-20(29)14-8-23-19-18(14)26-15(9-24-19)17-13-4-3-11(21)5-16(13)28(27-17)12-6-22-7-12/h3-5,8-10,12,22H,6-7H2,1-2H3,(H,23,24)(H,25,29). The van der Waals surface area contributed by atoms with Crippen LogP contribution in [0.15, 0.2) is 30.6 Å². The van der Waals surface area contributed by atoms with Gasteiger partial charge in [0.25, 0.3) is 5.91 Å². The van der Waals surface area contributed by atoms with Gasteiger partial charge in [-0.25, -0.2) is 14.4 Å². The number of aromatic amines is 1. The Hall–Kier alpha value is -3.33. The van der Waals surface area contributed by atoms with E-state index in [1.54, 1.807) is 18.5 Å². The first-order valence-corrected chi connectivity index (χ1v) is 9.55. The van der Waals surface area contributed by atoms with Gasteiger partial charge in [0.05, 0.1) is 23.3 Å². The molecule has 0 radical (unpaired) electrons. The van der Waals surface area contributed by atoms with Crippen LogP contribution in [0.5, 0.6) is 0 Å². The van der Waals surface area contributed by atoms with E-state index in [2.05, 4.69) is 25.6 Å². The van der Waals surface area contributed by atoms with Crippen LogP contribution in [0.25, 0.3) is 33.5 Å². The van der Waals surface area contributed by atoms with Crippen LogP contribution in [0.3, 0.4) is 0 Å². The first kappa shape index (κ1) is 17.7. The predicted octanol–water partition coefficient (Wildman–Crippen LogP) is 2.40. The number of benzene rings is 1. The van der Waals surface area contributed by atoms with E-state index in [9.17, 15) is 9.18 Å². The van der Waals surface area contributed by atoms with E-state index in [4.69, 9.17) is 5.10 Å². The van der Waals surface area contributed by atoms with Gasteiger partial charge in [0.2, 0.25) is 0 Å². The minimum atomic E-state index is -0.308. The van der Waals surface area contributed by atoms with Gasteiger partial charge in [0.15, 0.2) is 5.65 Å². The second-order valence-corrected chi connectivity index (χ2v) is 7.55. The fourth-order valence-corrected chi connectivity index (χ4v) is 3.54. The van der Waals surface area contributed by atoms with Gasteiger partial charge in [-0.3, -0.25) is 9.48 Å². The first-order chi connectivity index (χ1) is 14.0. The summed E-state index contributed by atoms with van der Waals surface area (Å²) in [5.41, 5.74) is 3.33. The number of halogens is 1. The molecule has 0 unspecified atom stereocenters. The molecule has 1 aromatic carbocycles. The lowest BCUT2D eigenvalue weighted by molar-refractivity contribution is 0.0944. The molecule has 1 aliphatic heterocycles. The van der Waals surface area contributed by atoms with Gasteiger partial charge in [-0.05, 0) is 32.0 Å². The Bertz CT molecular complexity index is 1240. The fourth-order valence-electron chi connectivity index (χ4n) is 3.54. The van der Waals surface area contributed by atoms with Crippen LogP contribution < -0.4 is 10.6 Å². The zero-order valence-corrected chi connectivity index (χ0v) is 16.0. The molecule has 0 aliphatic carbocycles. The Balaban J connectivity index is 1.66. The maximum Gasteiger partial charge on any atom is 0.255 e. The summed E-state index contributed by atoms with van der Waals surface area (Å²) >= 11 is 0. The van der Waals surface area contributed by atoms with E-state index >= 15 is 0 Å². The average Bonchev–Trinajstić information content (AvgIpc) is 3.21. The molecular weight excluding hydrogens is 373 g/mol. The number of carbonyl (C=O) groups is 1. The SMILES string of the molecule is CC(C)NC(=O)c1c[nH]c2ncc(-c3nn(C4CNC4)c4cc(F)ccc34)nc12. The minimum Gasteiger partial charge on any atom is -0.350 e. The molecule has 0 spiro atoms. The maximum absolute atomic E-state index is 13.9. The number of amides is 1. The van der Waals surface area contributed by atoms with Crippen LogP contribution in [0.1, 0.15) is 30.2 Å². The van der Waals surface area contributed by atoms with Gasteiger partial charge in [-0.1, -0.05) is 0 Å². The van der Waals surface area contributed by atoms with Gasteiger partial charge in [-0.2, -0.15) is 5.10 Å². The van der Waals surface area contributed by atoms with Crippen molar-refractivity contribution in [1.82, 2.24) is 35.4 Å². The van der Waals surface area contributed by atoms with Crippen LogP contribution in [0.4, 0.5) is 4.39 Å². The average molecular weight is 393 g/mol. The number of H-pyrrole nitrogens is 1. The fraction of sp³-hybridized carbons (Fsp3) is 0.300. The summed E-state index contributed by atoms with van der Waals surface area (Å²) < 4.78 is 15.7. The number of rotatable bonds is 4. The Labute approximate surface area is 165 Å². The molecule has 0 saturated carbocycles. The van der Waals surface area contributed by atoms with Crippen molar-refractivity contribution in [2.24, 2.45) is 0 Å². The number of nitrogens with one attached hydrogen (secondary N) is 3. The molecule has 29 heavy (non-hydrogen) atoms. The van der Waals surface area contributed by atoms with Crippen molar-refractivity contribution in [2.75, 3.05) is 13.1 Å². The second-order valence-electron chi connectivity index (χ2n) is 7.55. The normalized spacial score (nSPS) is 14.6. The van der Waals surface area contributed by atoms with Crippen molar-refractivity contribution in [3.63, 3.8) is 0 Å². The summed E-state index contributed by atoms with van der Waals surface area (Å²) in [4.78, 5) is 24.6.